The fourth-order valence-corrected chi connectivity index (χ4v) is 8.51. The van der Waals surface area contributed by atoms with E-state index in [0.29, 0.717) is 12.8 Å². The predicted octanol–water partition coefficient (Wildman–Crippen LogP) is 10.9. The van der Waals surface area contributed by atoms with Crippen molar-refractivity contribution in [2.45, 2.75) is 51.4 Å². The quantitative estimate of drug-likeness (QED) is 0.198. The van der Waals surface area contributed by atoms with Gasteiger partial charge < -0.3 is 0 Å². The number of rotatable bonds is 4. The Bertz CT molecular complexity index is 2120. The SMILES string of the molecule is Cc1ccc2c(C3(C(=O)C4(c5ccc(C)c6cc(C)ccc56)CC=Cc5ccccc54)CC=Cc4ccccc43)ccc(C)c2c1. The van der Waals surface area contributed by atoms with E-state index in [4.69, 9.17) is 0 Å². The van der Waals surface area contributed by atoms with Crippen LogP contribution >= 0.6 is 0 Å². The smallest absolute Gasteiger partial charge is 0.163 e. The zero-order valence-electron chi connectivity index (χ0n) is 27.0. The topological polar surface area (TPSA) is 17.1 Å². The van der Waals surface area contributed by atoms with Gasteiger partial charge in [-0.25, -0.2) is 0 Å². The third-order valence-corrected chi connectivity index (χ3v) is 10.8. The average molecular weight is 595 g/mol. The molecule has 0 N–H and O–H groups in total. The van der Waals surface area contributed by atoms with Gasteiger partial charge in [0.1, 0.15) is 0 Å². The first kappa shape index (κ1) is 28.5. The molecule has 1 nitrogen and oxygen atoms in total. The lowest BCUT2D eigenvalue weighted by molar-refractivity contribution is -0.127. The Morgan fingerprint density at radius 3 is 1.37 bits per heavy atom. The summed E-state index contributed by atoms with van der Waals surface area (Å²) in [6, 6.07) is 39.5. The fourth-order valence-electron chi connectivity index (χ4n) is 8.51. The van der Waals surface area contributed by atoms with E-state index in [1.165, 1.54) is 33.0 Å². The predicted molar refractivity (Wildman–Crippen MR) is 194 cm³/mol. The van der Waals surface area contributed by atoms with Crippen LogP contribution in [0.2, 0.25) is 0 Å². The van der Waals surface area contributed by atoms with Crippen molar-refractivity contribution in [3.8, 4) is 0 Å². The minimum absolute atomic E-state index is 0.241. The van der Waals surface area contributed by atoms with Gasteiger partial charge in [-0.15, -0.1) is 0 Å². The second-order valence-electron chi connectivity index (χ2n) is 13.5. The van der Waals surface area contributed by atoms with E-state index >= 15 is 4.79 Å². The summed E-state index contributed by atoms with van der Waals surface area (Å²) in [6.45, 7) is 8.66. The molecular weight excluding hydrogens is 556 g/mol. The number of aryl methyl sites for hydroxylation is 4. The first-order valence-corrected chi connectivity index (χ1v) is 16.4. The van der Waals surface area contributed by atoms with Crippen LogP contribution in [0.15, 0.2) is 121 Å². The van der Waals surface area contributed by atoms with Crippen molar-refractivity contribution >= 4 is 39.5 Å². The number of fused-ring (bicyclic) bond motifs is 4. The largest absolute Gasteiger partial charge is 0.297 e. The van der Waals surface area contributed by atoms with E-state index in [9.17, 15) is 0 Å². The van der Waals surface area contributed by atoms with Gasteiger partial charge in [-0.2, -0.15) is 0 Å². The third kappa shape index (κ3) is 3.97. The number of carbonyl (C=O) groups excluding carboxylic acids is 1. The standard InChI is InChI=1S/C45H38O/c1-29-17-21-35-37(27-29)31(3)19-23-41(35)44(25-9-13-33-11-5-7-15-39(33)44)43(46)45(26-10-14-34-12-6-8-16-40(34)45)42-24-20-32(4)38-28-30(2)18-22-36(38)42/h5-24,27-28H,25-26H2,1-4H3. The van der Waals surface area contributed by atoms with Crippen LogP contribution in [0.3, 0.4) is 0 Å². The van der Waals surface area contributed by atoms with Crippen molar-refractivity contribution < 1.29 is 4.79 Å². The lowest BCUT2D eigenvalue weighted by atomic mass is 9.53. The van der Waals surface area contributed by atoms with Gasteiger partial charge in [0, 0.05) is 0 Å². The molecule has 0 spiro atoms. The number of allylic oxidation sites excluding steroid dienone is 2. The number of hydrogen-bond donors (Lipinski definition) is 0. The van der Waals surface area contributed by atoms with Gasteiger partial charge >= 0.3 is 0 Å². The van der Waals surface area contributed by atoms with Gasteiger partial charge in [-0.3, -0.25) is 4.79 Å². The van der Waals surface area contributed by atoms with Crippen LogP contribution in [0.5, 0.6) is 0 Å². The Morgan fingerprint density at radius 1 is 0.478 bits per heavy atom. The van der Waals surface area contributed by atoms with Crippen LogP contribution in [0.25, 0.3) is 33.7 Å². The highest BCUT2D eigenvalue weighted by Gasteiger charge is 2.56. The van der Waals surface area contributed by atoms with Crippen molar-refractivity contribution in [1.82, 2.24) is 0 Å². The van der Waals surface area contributed by atoms with E-state index in [2.05, 4.69) is 161 Å². The molecule has 224 valence electrons. The molecular formula is C45H38O. The summed E-state index contributed by atoms with van der Waals surface area (Å²) in [5.74, 6) is 0.241. The lowest BCUT2D eigenvalue weighted by Crippen LogP contribution is -2.52. The first-order chi connectivity index (χ1) is 22.3. The summed E-state index contributed by atoms with van der Waals surface area (Å²) in [5.41, 5.74) is 9.67. The number of ketones is 1. The number of hydrogen-bond acceptors (Lipinski definition) is 1. The Hall–Kier alpha value is -5.01. The Balaban J connectivity index is 1.53. The summed E-state index contributed by atoms with van der Waals surface area (Å²) in [6.07, 6.45) is 10.1. The average Bonchev–Trinajstić information content (AvgIpc) is 3.08. The Morgan fingerprint density at radius 2 is 0.913 bits per heavy atom. The molecule has 8 rings (SSSR count). The Labute approximate surface area is 271 Å². The van der Waals surface area contributed by atoms with E-state index in [1.807, 2.05) is 0 Å². The lowest BCUT2D eigenvalue weighted by Gasteiger charge is -2.46. The maximum absolute atomic E-state index is 16.6. The van der Waals surface area contributed by atoms with E-state index < -0.39 is 10.8 Å². The maximum Gasteiger partial charge on any atom is 0.163 e. The molecule has 0 aromatic heterocycles. The zero-order chi connectivity index (χ0) is 31.6. The summed E-state index contributed by atoms with van der Waals surface area (Å²) in [7, 11) is 0. The van der Waals surface area contributed by atoms with Gasteiger partial charge in [0.2, 0.25) is 0 Å². The van der Waals surface area contributed by atoms with Gasteiger partial charge in [-0.1, -0.05) is 145 Å². The number of benzene rings is 6. The highest BCUT2D eigenvalue weighted by Crippen LogP contribution is 2.54. The van der Waals surface area contributed by atoms with E-state index in [1.54, 1.807) is 0 Å². The number of carbonyl (C=O) groups is 1. The van der Waals surface area contributed by atoms with Crippen molar-refractivity contribution in [3.05, 3.63) is 177 Å². The zero-order valence-corrected chi connectivity index (χ0v) is 27.0. The minimum atomic E-state index is -0.910. The molecule has 0 saturated heterocycles. The second kappa shape index (κ2) is 10.5. The minimum Gasteiger partial charge on any atom is -0.297 e. The highest BCUT2D eigenvalue weighted by atomic mass is 16.1. The molecule has 46 heavy (non-hydrogen) atoms. The number of Topliss-reactive ketones (excluding diaryl/α,β-unsaturated/α-hetero) is 1. The molecule has 0 heterocycles. The molecule has 0 radical (unpaired) electrons. The van der Waals surface area contributed by atoms with Crippen LogP contribution in [0, 0.1) is 27.7 Å². The molecule has 2 unspecified atom stereocenters. The van der Waals surface area contributed by atoms with Crippen molar-refractivity contribution in [3.63, 3.8) is 0 Å². The highest BCUT2D eigenvalue weighted by molar-refractivity contribution is 6.11. The molecule has 0 amide bonds. The monoisotopic (exact) mass is 594 g/mol. The molecule has 6 aromatic rings. The Kier molecular flexibility index (Phi) is 6.51. The van der Waals surface area contributed by atoms with E-state index in [0.717, 1.165) is 44.2 Å². The van der Waals surface area contributed by atoms with Gasteiger partial charge in [-0.05, 0) is 107 Å². The van der Waals surface area contributed by atoms with Crippen LogP contribution in [-0.2, 0) is 15.6 Å². The normalized spacial score (nSPS) is 20.1. The molecule has 0 bridgehead atoms. The van der Waals surface area contributed by atoms with Crippen LogP contribution < -0.4 is 0 Å². The van der Waals surface area contributed by atoms with Gasteiger partial charge in [0.15, 0.2) is 5.78 Å². The molecule has 0 fully saturated rings. The van der Waals surface area contributed by atoms with Gasteiger partial charge in [0.25, 0.3) is 0 Å². The molecule has 2 atom stereocenters. The van der Waals surface area contributed by atoms with Crippen molar-refractivity contribution in [2.75, 3.05) is 0 Å². The van der Waals surface area contributed by atoms with Crippen molar-refractivity contribution in [2.24, 2.45) is 0 Å². The molecule has 6 aromatic carbocycles. The van der Waals surface area contributed by atoms with Gasteiger partial charge in [0.05, 0.1) is 10.8 Å². The summed E-state index contributed by atoms with van der Waals surface area (Å²) in [4.78, 5) is 16.6. The second-order valence-corrected chi connectivity index (χ2v) is 13.5. The molecule has 1 heteroatoms. The molecule has 0 saturated carbocycles. The summed E-state index contributed by atoms with van der Waals surface area (Å²) in [5, 5.41) is 4.74. The first-order valence-electron chi connectivity index (χ1n) is 16.4. The van der Waals surface area contributed by atoms with E-state index in [-0.39, 0.29) is 5.78 Å². The van der Waals surface area contributed by atoms with Crippen LogP contribution in [0.4, 0.5) is 0 Å². The molecule has 2 aliphatic rings. The maximum atomic E-state index is 16.6. The third-order valence-electron chi connectivity index (χ3n) is 10.8. The summed E-state index contributed by atoms with van der Waals surface area (Å²) >= 11 is 0. The van der Waals surface area contributed by atoms with Crippen LogP contribution in [0.1, 0.15) is 68.5 Å². The molecule has 0 aliphatic heterocycles. The summed E-state index contributed by atoms with van der Waals surface area (Å²) < 4.78 is 0. The van der Waals surface area contributed by atoms with Crippen LogP contribution in [-0.4, -0.2) is 5.78 Å². The molecule has 2 aliphatic carbocycles. The fraction of sp³-hybridized carbons (Fsp3) is 0.178. The van der Waals surface area contributed by atoms with Crippen molar-refractivity contribution in [1.29, 1.82) is 0 Å².